The van der Waals surface area contributed by atoms with Crippen molar-refractivity contribution in [3.05, 3.63) is 23.3 Å². The minimum atomic E-state index is -4.45. The predicted octanol–water partition coefficient (Wildman–Crippen LogP) is 5.93. The molecule has 1 unspecified atom stereocenters. The summed E-state index contributed by atoms with van der Waals surface area (Å²) in [7, 11) is -4.45. The number of rotatable bonds is 1. The SMILES string of the molecule is CC1(C)CC[C@]2(P(=O)(O)O)CC[C@]3(C)[C@H](C(=O)C=C4[C@@]5(C)C=C(C#N)C(O)C(C)(C)[C@@H]5CC[C@]43C)[C@@H]2C1. The van der Waals surface area contributed by atoms with Crippen LogP contribution in [-0.2, 0) is 9.36 Å². The summed E-state index contributed by atoms with van der Waals surface area (Å²) in [5, 5.41) is 19.8. The van der Waals surface area contributed by atoms with Crippen molar-refractivity contribution in [3.63, 3.8) is 0 Å². The van der Waals surface area contributed by atoms with Crippen LogP contribution in [-0.4, -0.2) is 31.9 Å². The Hall–Kier alpha value is -1.25. The van der Waals surface area contributed by atoms with Gasteiger partial charge < -0.3 is 14.9 Å². The van der Waals surface area contributed by atoms with Crippen molar-refractivity contribution >= 4 is 13.4 Å². The Labute approximate surface area is 221 Å². The smallest absolute Gasteiger partial charge is 0.331 e. The summed E-state index contributed by atoms with van der Waals surface area (Å²) in [5.41, 5.74) is -0.529. The molecular formula is C30H44NO5P. The molecule has 3 saturated carbocycles. The summed E-state index contributed by atoms with van der Waals surface area (Å²) < 4.78 is 13.1. The topological polar surface area (TPSA) is 119 Å². The van der Waals surface area contributed by atoms with E-state index in [1.165, 1.54) is 0 Å². The Morgan fingerprint density at radius 2 is 1.62 bits per heavy atom. The van der Waals surface area contributed by atoms with Crippen molar-refractivity contribution in [2.75, 3.05) is 0 Å². The molecule has 6 nitrogen and oxygen atoms in total. The van der Waals surface area contributed by atoms with Gasteiger partial charge in [0.2, 0.25) is 0 Å². The molecule has 0 heterocycles. The Morgan fingerprint density at radius 1 is 1.00 bits per heavy atom. The van der Waals surface area contributed by atoms with Gasteiger partial charge in [0.05, 0.1) is 22.9 Å². The number of fused-ring (bicyclic) bond motifs is 7. The maximum atomic E-state index is 14.3. The van der Waals surface area contributed by atoms with Crippen LogP contribution in [0.15, 0.2) is 23.3 Å². The minimum absolute atomic E-state index is 0.00656. The number of ketones is 1. The van der Waals surface area contributed by atoms with Gasteiger partial charge in [-0.05, 0) is 84.5 Å². The molecule has 0 aliphatic heterocycles. The van der Waals surface area contributed by atoms with E-state index in [1.54, 1.807) is 0 Å². The third kappa shape index (κ3) is 3.27. The second-order valence-corrected chi connectivity index (χ2v) is 17.1. The summed E-state index contributed by atoms with van der Waals surface area (Å²) in [4.78, 5) is 35.7. The third-order valence-corrected chi connectivity index (χ3v) is 14.5. The van der Waals surface area contributed by atoms with Gasteiger partial charge in [-0.3, -0.25) is 9.36 Å². The van der Waals surface area contributed by atoms with Crippen LogP contribution in [0.3, 0.4) is 0 Å². The number of nitriles is 1. The average Bonchev–Trinajstić information content (AvgIpc) is 2.76. The summed E-state index contributed by atoms with van der Waals surface area (Å²) in [5.74, 6) is -0.735. The molecule has 0 aromatic heterocycles. The van der Waals surface area contributed by atoms with Crippen LogP contribution >= 0.6 is 7.60 Å². The first kappa shape index (κ1) is 27.3. The Morgan fingerprint density at radius 3 is 2.22 bits per heavy atom. The highest BCUT2D eigenvalue weighted by Crippen LogP contribution is 2.77. The summed E-state index contributed by atoms with van der Waals surface area (Å²) >= 11 is 0. The van der Waals surface area contributed by atoms with Crippen LogP contribution in [0, 0.1) is 56.2 Å². The van der Waals surface area contributed by atoms with Crippen LogP contribution in [0.4, 0.5) is 0 Å². The number of carbonyl (C=O) groups excluding carboxylic acids is 1. The van der Waals surface area contributed by atoms with Crippen molar-refractivity contribution < 1.29 is 24.3 Å². The first-order chi connectivity index (χ1) is 16.8. The van der Waals surface area contributed by atoms with Crippen molar-refractivity contribution in [2.45, 2.75) is 105 Å². The molecule has 0 spiro atoms. The average molecular weight is 530 g/mol. The molecule has 0 aromatic rings. The van der Waals surface area contributed by atoms with Gasteiger partial charge in [0.15, 0.2) is 5.78 Å². The lowest BCUT2D eigenvalue weighted by molar-refractivity contribution is -0.154. The molecule has 0 bridgehead atoms. The van der Waals surface area contributed by atoms with Crippen molar-refractivity contribution in [2.24, 2.45) is 44.8 Å². The van der Waals surface area contributed by atoms with Gasteiger partial charge in [-0.25, -0.2) is 0 Å². The van der Waals surface area contributed by atoms with E-state index >= 15 is 0 Å². The van der Waals surface area contributed by atoms with Crippen LogP contribution in [0.1, 0.15) is 93.4 Å². The van der Waals surface area contributed by atoms with Crippen LogP contribution in [0.2, 0.25) is 0 Å². The number of hydrogen-bond acceptors (Lipinski definition) is 4. The largest absolute Gasteiger partial charge is 0.387 e. The van der Waals surface area contributed by atoms with Crippen LogP contribution in [0.5, 0.6) is 0 Å². The molecule has 5 aliphatic rings. The van der Waals surface area contributed by atoms with E-state index in [1.807, 2.05) is 26.0 Å². The maximum Gasteiger partial charge on any atom is 0.331 e. The van der Waals surface area contributed by atoms with E-state index in [0.717, 1.165) is 24.8 Å². The monoisotopic (exact) mass is 529 g/mol. The van der Waals surface area contributed by atoms with Gasteiger partial charge in [-0.2, -0.15) is 5.26 Å². The van der Waals surface area contributed by atoms with Crippen LogP contribution < -0.4 is 0 Å². The number of allylic oxidation sites excluding steroid dienone is 3. The zero-order chi connectivity index (χ0) is 27.6. The normalized spacial score (nSPS) is 48.3. The fourth-order valence-electron chi connectivity index (χ4n) is 10.3. The molecule has 204 valence electrons. The summed E-state index contributed by atoms with van der Waals surface area (Å²) in [6.45, 7) is 15.0. The molecule has 0 saturated heterocycles. The van der Waals surface area contributed by atoms with E-state index in [-0.39, 0.29) is 28.4 Å². The van der Waals surface area contributed by atoms with Gasteiger partial charge in [-0.1, -0.05) is 60.1 Å². The molecular weight excluding hydrogens is 485 g/mol. The number of aliphatic hydroxyl groups excluding tert-OH is 1. The Kier molecular flexibility index (Phi) is 5.68. The first-order valence-corrected chi connectivity index (χ1v) is 15.6. The molecule has 8 atom stereocenters. The second kappa shape index (κ2) is 7.69. The van der Waals surface area contributed by atoms with Gasteiger partial charge in [0, 0.05) is 11.3 Å². The fraction of sp³-hybridized carbons (Fsp3) is 0.800. The molecule has 5 rings (SSSR count). The fourth-order valence-corrected chi connectivity index (χ4v) is 11.8. The maximum absolute atomic E-state index is 14.3. The standard InChI is InChI=1S/C30H44NO5P/c1-25(2)10-12-30(37(34,35)36)13-11-29(7)23(19(30)16-25)20(32)14-22-27(5)15-18(17-31)24(33)26(3,4)21(27)8-9-28(22,29)6/h14-15,19,21,23-24,33H,8-13,16H2,1-7H3,(H2,34,35,36)/t19-,21-,23-,24?,27-,28+,29+,30-/m0/s1. The number of aliphatic hydroxyl groups is 1. The first-order valence-electron chi connectivity index (χ1n) is 13.9. The van der Waals surface area contributed by atoms with Crippen molar-refractivity contribution in [1.29, 1.82) is 5.26 Å². The third-order valence-electron chi connectivity index (χ3n) is 12.6. The highest BCUT2D eigenvalue weighted by molar-refractivity contribution is 7.53. The highest BCUT2D eigenvalue weighted by Gasteiger charge is 2.72. The molecule has 0 aromatic carbocycles. The summed E-state index contributed by atoms with van der Waals surface area (Å²) in [6, 6.07) is 2.23. The van der Waals surface area contributed by atoms with E-state index in [2.05, 4.69) is 40.7 Å². The van der Waals surface area contributed by atoms with E-state index in [4.69, 9.17) is 0 Å². The molecule has 3 fully saturated rings. The quantitative estimate of drug-likeness (QED) is 0.363. The molecule has 5 aliphatic carbocycles. The van der Waals surface area contributed by atoms with Gasteiger partial charge in [0.25, 0.3) is 0 Å². The summed E-state index contributed by atoms with van der Waals surface area (Å²) in [6.07, 6.45) is 7.50. The zero-order valence-corrected chi connectivity index (χ0v) is 24.4. The van der Waals surface area contributed by atoms with Gasteiger partial charge >= 0.3 is 7.60 Å². The van der Waals surface area contributed by atoms with Crippen molar-refractivity contribution in [1.82, 2.24) is 0 Å². The molecule has 0 radical (unpaired) electrons. The number of carbonyl (C=O) groups is 1. The van der Waals surface area contributed by atoms with E-state index in [9.17, 15) is 29.5 Å². The zero-order valence-electron chi connectivity index (χ0n) is 23.5. The molecule has 7 heteroatoms. The van der Waals surface area contributed by atoms with Gasteiger partial charge in [-0.15, -0.1) is 0 Å². The van der Waals surface area contributed by atoms with Crippen LogP contribution in [0.25, 0.3) is 0 Å². The lowest BCUT2D eigenvalue weighted by atomic mass is 9.35. The Balaban J connectivity index is 1.71. The van der Waals surface area contributed by atoms with Gasteiger partial charge in [0.1, 0.15) is 0 Å². The predicted molar refractivity (Wildman–Crippen MR) is 142 cm³/mol. The number of hydrogen-bond donors (Lipinski definition) is 3. The Bertz CT molecular complexity index is 1200. The number of nitrogens with zero attached hydrogens (tertiary/aromatic N) is 1. The van der Waals surface area contributed by atoms with E-state index < -0.39 is 41.0 Å². The lowest BCUT2D eigenvalue weighted by Crippen LogP contribution is -2.66. The molecule has 37 heavy (non-hydrogen) atoms. The lowest BCUT2D eigenvalue weighted by Gasteiger charge is -2.69. The molecule has 3 N–H and O–H groups in total. The second-order valence-electron chi connectivity index (χ2n) is 15.1. The highest BCUT2D eigenvalue weighted by atomic mass is 31.2. The van der Waals surface area contributed by atoms with Crippen molar-refractivity contribution in [3.8, 4) is 6.07 Å². The van der Waals surface area contributed by atoms with E-state index in [0.29, 0.717) is 31.3 Å². The minimum Gasteiger partial charge on any atom is -0.387 e. The molecule has 0 amide bonds.